The van der Waals surface area contributed by atoms with Gasteiger partial charge in [-0.2, -0.15) is 0 Å². The maximum atomic E-state index is 6.20. The summed E-state index contributed by atoms with van der Waals surface area (Å²) in [5.41, 5.74) is 7.68. The highest BCUT2D eigenvalue weighted by atomic mass is 15.4. The van der Waals surface area contributed by atoms with Gasteiger partial charge in [0.2, 0.25) is 0 Å². The lowest BCUT2D eigenvalue weighted by molar-refractivity contribution is 0.0790. The Morgan fingerprint density at radius 3 is 2.50 bits per heavy atom. The van der Waals surface area contributed by atoms with E-state index in [2.05, 4.69) is 54.1 Å². The summed E-state index contributed by atoms with van der Waals surface area (Å²) in [4.78, 5) is 6.95. The summed E-state index contributed by atoms with van der Waals surface area (Å²) in [5, 5.41) is 0. The van der Waals surface area contributed by atoms with Crippen molar-refractivity contribution in [3.63, 3.8) is 0 Å². The topological polar surface area (TPSA) is 41.6 Å². The summed E-state index contributed by atoms with van der Waals surface area (Å²) in [5.74, 6) is 2.26. The van der Waals surface area contributed by atoms with Crippen LogP contribution >= 0.6 is 0 Å². The molecule has 1 spiro atoms. The van der Waals surface area contributed by atoms with Gasteiger partial charge in [-0.1, -0.05) is 44.2 Å². The molecule has 1 aliphatic carbocycles. The molecule has 1 heterocycles. The average Bonchev–Trinajstić information content (AvgIpc) is 2.68. The number of benzene rings is 1. The van der Waals surface area contributed by atoms with E-state index in [4.69, 9.17) is 5.73 Å². The van der Waals surface area contributed by atoms with E-state index in [9.17, 15) is 0 Å². The first-order valence-corrected chi connectivity index (χ1v) is 7.70. The summed E-state index contributed by atoms with van der Waals surface area (Å²) in [6, 6.07) is 10.6. The molecule has 20 heavy (non-hydrogen) atoms. The van der Waals surface area contributed by atoms with Crippen LogP contribution in [0, 0.1) is 11.8 Å². The highest BCUT2D eigenvalue weighted by Crippen LogP contribution is 2.42. The van der Waals surface area contributed by atoms with Crippen LogP contribution in [0.5, 0.6) is 0 Å². The minimum atomic E-state index is 0.164. The van der Waals surface area contributed by atoms with Gasteiger partial charge in [0.25, 0.3) is 0 Å². The molecule has 0 amide bonds. The van der Waals surface area contributed by atoms with Crippen molar-refractivity contribution in [1.82, 2.24) is 4.90 Å². The van der Waals surface area contributed by atoms with Crippen molar-refractivity contribution < 1.29 is 0 Å². The third-order valence-electron chi connectivity index (χ3n) is 4.83. The predicted molar refractivity (Wildman–Crippen MR) is 83.4 cm³/mol. The molecular formula is C17H25N3. The van der Waals surface area contributed by atoms with E-state index >= 15 is 0 Å². The van der Waals surface area contributed by atoms with Gasteiger partial charge >= 0.3 is 0 Å². The molecule has 2 aliphatic rings. The SMILES string of the molecule is CC1CC(C)CC2(CN=C(N)N2Cc2ccccc2)C1. The van der Waals surface area contributed by atoms with Crippen LogP contribution in [0.1, 0.15) is 38.7 Å². The fraction of sp³-hybridized carbons (Fsp3) is 0.588. The molecule has 3 rings (SSSR count). The first-order valence-electron chi connectivity index (χ1n) is 7.70. The summed E-state index contributed by atoms with van der Waals surface area (Å²) in [7, 11) is 0. The van der Waals surface area contributed by atoms with Gasteiger partial charge in [-0.05, 0) is 36.7 Å². The van der Waals surface area contributed by atoms with Crippen molar-refractivity contribution in [2.45, 2.75) is 45.2 Å². The van der Waals surface area contributed by atoms with Crippen LogP contribution < -0.4 is 5.73 Å². The molecule has 1 aromatic carbocycles. The van der Waals surface area contributed by atoms with Crippen molar-refractivity contribution in [3.8, 4) is 0 Å². The molecule has 0 radical (unpaired) electrons. The standard InChI is InChI=1S/C17H25N3/c1-13-8-14(2)10-17(9-13)12-19-16(18)20(17)11-15-6-4-3-5-7-15/h3-7,13-14H,8-12H2,1-2H3,(H2,18,19). The molecule has 0 saturated heterocycles. The summed E-state index contributed by atoms with van der Waals surface area (Å²) >= 11 is 0. The van der Waals surface area contributed by atoms with Crippen LogP contribution in [-0.2, 0) is 6.54 Å². The van der Waals surface area contributed by atoms with Gasteiger partial charge in [-0.3, -0.25) is 4.99 Å². The van der Waals surface area contributed by atoms with Gasteiger partial charge in [0, 0.05) is 6.54 Å². The second-order valence-electron chi connectivity index (χ2n) is 6.82. The Morgan fingerprint density at radius 1 is 1.20 bits per heavy atom. The molecule has 1 aliphatic heterocycles. The Kier molecular flexibility index (Phi) is 3.45. The van der Waals surface area contributed by atoms with E-state index in [1.807, 2.05) is 0 Å². The van der Waals surface area contributed by atoms with Crippen LogP contribution in [0.15, 0.2) is 35.3 Å². The highest BCUT2D eigenvalue weighted by molar-refractivity contribution is 5.81. The quantitative estimate of drug-likeness (QED) is 0.898. The lowest BCUT2D eigenvalue weighted by atomic mass is 9.71. The molecule has 0 bridgehead atoms. The summed E-state index contributed by atoms with van der Waals surface area (Å²) in [6.07, 6.45) is 3.77. The van der Waals surface area contributed by atoms with Crippen LogP contribution in [0.4, 0.5) is 0 Å². The molecule has 3 nitrogen and oxygen atoms in total. The summed E-state index contributed by atoms with van der Waals surface area (Å²) < 4.78 is 0. The Morgan fingerprint density at radius 2 is 1.85 bits per heavy atom. The molecule has 1 fully saturated rings. The van der Waals surface area contributed by atoms with Crippen molar-refractivity contribution in [1.29, 1.82) is 0 Å². The number of rotatable bonds is 2. The van der Waals surface area contributed by atoms with Crippen LogP contribution in [0.2, 0.25) is 0 Å². The van der Waals surface area contributed by atoms with Gasteiger partial charge in [0.15, 0.2) is 5.96 Å². The van der Waals surface area contributed by atoms with Crippen molar-refractivity contribution in [3.05, 3.63) is 35.9 Å². The Bertz CT molecular complexity index is 484. The number of nitrogens with two attached hydrogens (primary N) is 1. The lowest BCUT2D eigenvalue weighted by Gasteiger charge is -2.46. The van der Waals surface area contributed by atoms with Crippen molar-refractivity contribution in [2.24, 2.45) is 22.6 Å². The Labute approximate surface area is 121 Å². The summed E-state index contributed by atoms with van der Waals surface area (Å²) in [6.45, 7) is 6.50. The molecule has 3 heteroatoms. The molecule has 2 atom stereocenters. The molecule has 2 unspecified atom stereocenters. The first kappa shape index (κ1) is 13.5. The Hall–Kier alpha value is -1.51. The fourth-order valence-corrected chi connectivity index (χ4v) is 4.24. The maximum Gasteiger partial charge on any atom is 0.192 e. The number of hydrogen-bond acceptors (Lipinski definition) is 3. The lowest BCUT2D eigenvalue weighted by Crippen LogP contribution is -2.54. The van der Waals surface area contributed by atoms with Gasteiger partial charge in [-0.15, -0.1) is 0 Å². The van der Waals surface area contributed by atoms with Gasteiger partial charge < -0.3 is 10.6 Å². The largest absolute Gasteiger partial charge is 0.370 e. The monoisotopic (exact) mass is 271 g/mol. The molecule has 108 valence electrons. The van der Waals surface area contributed by atoms with Gasteiger partial charge in [-0.25, -0.2) is 0 Å². The van der Waals surface area contributed by atoms with Crippen molar-refractivity contribution in [2.75, 3.05) is 6.54 Å². The van der Waals surface area contributed by atoms with E-state index in [-0.39, 0.29) is 5.54 Å². The highest BCUT2D eigenvalue weighted by Gasteiger charge is 2.46. The Balaban J connectivity index is 1.84. The van der Waals surface area contributed by atoms with E-state index in [1.165, 1.54) is 24.8 Å². The number of nitrogens with zero attached hydrogens (tertiary/aromatic N) is 2. The molecule has 1 saturated carbocycles. The third kappa shape index (κ3) is 2.41. The number of guanidine groups is 1. The molecular weight excluding hydrogens is 246 g/mol. The second kappa shape index (κ2) is 5.12. The maximum absolute atomic E-state index is 6.20. The molecule has 0 aromatic heterocycles. The second-order valence-corrected chi connectivity index (χ2v) is 6.82. The van der Waals surface area contributed by atoms with Crippen LogP contribution in [0.3, 0.4) is 0 Å². The third-order valence-corrected chi connectivity index (χ3v) is 4.83. The average molecular weight is 271 g/mol. The smallest absolute Gasteiger partial charge is 0.192 e. The fourth-order valence-electron chi connectivity index (χ4n) is 4.24. The zero-order valence-electron chi connectivity index (χ0n) is 12.5. The van der Waals surface area contributed by atoms with Crippen molar-refractivity contribution >= 4 is 5.96 Å². The minimum absolute atomic E-state index is 0.164. The van der Waals surface area contributed by atoms with Gasteiger partial charge in [0.1, 0.15) is 0 Å². The van der Waals surface area contributed by atoms with Gasteiger partial charge in [0.05, 0.1) is 12.1 Å². The minimum Gasteiger partial charge on any atom is -0.370 e. The first-order chi connectivity index (χ1) is 9.59. The van der Waals surface area contributed by atoms with E-state index in [0.29, 0.717) is 0 Å². The van der Waals surface area contributed by atoms with Crippen LogP contribution in [-0.4, -0.2) is 22.9 Å². The number of hydrogen-bond donors (Lipinski definition) is 1. The predicted octanol–water partition coefficient (Wildman–Crippen LogP) is 3.01. The molecule has 1 aromatic rings. The van der Waals surface area contributed by atoms with Crippen LogP contribution in [0.25, 0.3) is 0 Å². The van der Waals surface area contributed by atoms with E-state index in [1.54, 1.807) is 0 Å². The molecule has 2 N–H and O–H groups in total. The number of aliphatic imine (C=N–C) groups is 1. The normalized spacial score (nSPS) is 33.5. The van der Waals surface area contributed by atoms with E-state index < -0.39 is 0 Å². The zero-order valence-corrected chi connectivity index (χ0v) is 12.5. The zero-order chi connectivity index (χ0) is 14.2. The van der Waals surface area contributed by atoms with E-state index in [0.717, 1.165) is 30.9 Å².